The van der Waals surface area contributed by atoms with Gasteiger partial charge in [-0.3, -0.25) is 0 Å². The molecule has 0 saturated heterocycles. The third-order valence-corrected chi connectivity index (χ3v) is 1.20. The summed E-state index contributed by atoms with van der Waals surface area (Å²) in [6.45, 7) is -0.0220. The van der Waals surface area contributed by atoms with Gasteiger partial charge >= 0.3 is 0 Å². The average Bonchev–Trinajstić information content (AvgIpc) is 1.59. The Labute approximate surface area is 48.2 Å². The van der Waals surface area contributed by atoms with Crippen molar-refractivity contribution < 1.29 is 17.7 Å². The van der Waals surface area contributed by atoms with Crippen molar-refractivity contribution in [3.8, 4) is 0 Å². The monoisotopic (exact) mass is 139 g/mol. The van der Waals surface area contributed by atoms with Crippen LogP contribution in [-0.4, -0.2) is 27.9 Å². The van der Waals surface area contributed by atoms with Crippen LogP contribution in [0.1, 0.15) is 0 Å². The molecular weight excluding hydrogens is 132 g/mol. The Morgan fingerprint density at radius 2 is 2.00 bits per heavy atom. The van der Waals surface area contributed by atoms with Gasteiger partial charge in [0, 0.05) is 7.11 Å². The topological polar surface area (TPSA) is 63.3 Å². The predicted octanol–water partition coefficient (Wildman–Crippen LogP) is -0.607. The number of hydrogen-bond donors (Lipinski definition) is 0. The van der Waals surface area contributed by atoms with Crippen molar-refractivity contribution in [2.24, 2.45) is 0 Å². The van der Waals surface area contributed by atoms with Crippen molar-refractivity contribution in [2.75, 3.05) is 19.5 Å². The van der Waals surface area contributed by atoms with Crippen LogP contribution >= 0.6 is 0 Å². The highest BCUT2D eigenvalue weighted by atomic mass is 32.2. The molecule has 0 unspecified atom stereocenters. The van der Waals surface area contributed by atoms with E-state index in [4.69, 9.17) is 0 Å². The van der Waals surface area contributed by atoms with Crippen molar-refractivity contribution in [1.29, 1.82) is 0 Å². The highest BCUT2D eigenvalue weighted by Crippen LogP contribution is 1.81. The molecule has 0 aliphatic rings. The zero-order chi connectivity index (χ0) is 6.62. The molecule has 0 heterocycles. The summed E-state index contributed by atoms with van der Waals surface area (Å²) in [7, 11) is -2.72. The molecule has 0 rings (SSSR count). The molecule has 0 atom stereocenters. The third-order valence-electron chi connectivity index (χ3n) is 0.537. The quantitative estimate of drug-likeness (QED) is 0.524. The van der Waals surface area contributed by atoms with Crippen LogP contribution in [0, 0.1) is 0 Å². The normalized spacial score (nSPS) is 11.8. The van der Waals surface area contributed by atoms with E-state index in [1.165, 1.54) is 7.11 Å². The van der Waals surface area contributed by atoms with Gasteiger partial charge in [-0.25, -0.2) is 0 Å². The van der Waals surface area contributed by atoms with Crippen LogP contribution in [0.4, 0.5) is 0 Å². The van der Waals surface area contributed by atoms with Crippen LogP contribution in [-0.2, 0) is 19.4 Å². The smallest absolute Gasteiger partial charge is 0.296 e. The minimum absolute atomic E-state index is 0.0220. The van der Waals surface area contributed by atoms with Crippen molar-refractivity contribution in [2.45, 2.75) is 0 Å². The lowest BCUT2D eigenvalue weighted by molar-refractivity contribution is 0.214. The van der Waals surface area contributed by atoms with E-state index in [1.807, 2.05) is 0 Å². The summed E-state index contributed by atoms with van der Waals surface area (Å²) in [5.41, 5.74) is 0. The second-order valence-electron chi connectivity index (χ2n) is 1.25. The summed E-state index contributed by atoms with van der Waals surface area (Å²) in [6.07, 6.45) is 0. The predicted molar refractivity (Wildman–Crippen MR) is 26.3 cm³/mol. The van der Waals surface area contributed by atoms with Gasteiger partial charge in [-0.05, 0) is 0 Å². The molecule has 0 saturated carbocycles. The zero-order valence-electron chi connectivity index (χ0n) is 4.46. The van der Waals surface area contributed by atoms with E-state index in [0.717, 1.165) is 0 Å². The van der Waals surface area contributed by atoms with Gasteiger partial charge in [0.05, 0.1) is 6.61 Å². The Kier molecular flexibility index (Phi) is 2.96. The summed E-state index contributed by atoms with van der Waals surface area (Å²) in [6, 6.07) is 0. The van der Waals surface area contributed by atoms with Crippen LogP contribution < -0.4 is 0 Å². The van der Waals surface area contributed by atoms with Gasteiger partial charge in [-0.15, -0.1) is 0 Å². The fourth-order valence-corrected chi connectivity index (χ4v) is 0.556. The lowest BCUT2D eigenvalue weighted by Crippen LogP contribution is -2.07. The number of ether oxygens (including phenoxy) is 1. The zero-order valence-corrected chi connectivity index (χ0v) is 5.27. The molecule has 0 aromatic rings. The molecule has 49 valence electrons. The van der Waals surface area contributed by atoms with E-state index >= 15 is 0 Å². The maximum atomic E-state index is 9.75. The van der Waals surface area contributed by atoms with Gasteiger partial charge in [-0.2, -0.15) is 8.42 Å². The van der Waals surface area contributed by atoms with Crippen LogP contribution in [0.2, 0.25) is 0 Å². The highest BCUT2D eigenvalue weighted by Gasteiger charge is 2.03. The Bertz CT molecular complexity index is 135. The third kappa shape index (κ3) is 5.87. The summed E-state index contributed by atoms with van der Waals surface area (Å²) in [5.74, 6) is -0.441. The molecule has 0 aromatic heterocycles. The Morgan fingerprint density at radius 3 is 2.12 bits per heavy atom. The van der Waals surface area contributed by atoms with Gasteiger partial charge in [0.1, 0.15) is 5.75 Å². The lowest BCUT2D eigenvalue weighted by Gasteiger charge is -1.90. The summed E-state index contributed by atoms with van der Waals surface area (Å²) in [4.78, 5) is 0. The van der Waals surface area contributed by atoms with E-state index in [-0.39, 0.29) is 6.61 Å². The molecule has 8 heavy (non-hydrogen) atoms. The summed E-state index contributed by atoms with van der Waals surface area (Å²) in [5, 5.41) is 0. The van der Waals surface area contributed by atoms with E-state index < -0.39 is 15.9 Å². The maximum Gasteiger partial charge on any atom is 0.296 e. The first-order valence-electron chi connectivity index (χ1n) is 1.99. The first-order valence-corrected chi connectivity index (χ1v) is 3.56. The molecule has 1 radical (unpaired) electrons. The summed E-state index contributed by atoms with van der Waals surface area (Å²) >= 11 is 0. The number of methoxy groups -OCH3 is 1. The molecule has 4 nitrogen and oxygen atoms in total. The van der Waals surface area contributed by atoms with Gasteiger partial charge < -0.3 is 4.74 Å². The molecule has 0 spiro atoms. The van der Waals surface area contributed by atoms with Crippen molar-refractivity contribution in [3.05, 3.63) is 0 Å². The fourth-order valence-electron chi connectivity index (χ4n) is 0.185. The second kappa shape index (κ2) is 3.01. The Morgan fingerprint density at radius 1 is 1.50 bits per heavy atom. The van der Waals surface area contributed by atoms with E-state index in [2.05, 4.69) is 4.74 Å². The minimum Gasteiger partial charge on any atom is -0.384 e. The molecule has 5 heteroatoms. The van der Waals surface area contributed by atoms with Crippen molar-refractivity contribution in [1.82, 2.24) is 0 Å². The Hall–Kier alpha value is -0.130. The number of hydrogen-bond acceptors (Lipinski definition) is 3. The second-order valence-corrected chi connectivity index (χ2v) is 2.78. The molecule has 0 aliphatic carbocycles. The highest BCUT2D eigenvalue weighted by molar-refractivity contribution is 7.85. The first-order chi connectivity index (χ1) is 3.56. The van der Waals surface area contributed by atoms with Crippen LogP contribution in [0.3, 0.4) is 0 Å². The van der Waals surface area contributed by atoms with Crippen molar-refractivity contribution in [3.63, 3.8) is 0 Å². The molecule has 0 aromatic carbocycles. The van der Waals surface area contributed by atoms with Crippen LogP contribution in [0.5, 0.6) is 0 Å². The first kappa shape index (κ1) is 7.87. The van der Waals surface area contributed by atoms with Gasteiger partial charge in [-0.1, -0.05) is 4.55 Å². The molecule has 0 bridgehead atoms. The van der Waals surface area contributed by atoms with E-state index in [0.29, 0.717) is 0 Å². The average molecular weight is 139 g/mol. The Balaban J connectivity index is 3.42. The largest absolute Gasteiger partial charge is 0.384 e. The van der Waals surface area contributed by atoms with Crippen LogP contribution in [0.15, 0.2) is 0 Å². The molecule has 0 fully saturated rings. The van der Waals surface area contributed by atoms with Crippen molar-refractivity contribution >= 4 is 10.1 Å². The molecule has 0 N–H and O–H groups in total. The number of rotatable bonds is 3. The van der Waals surface area contributed by atoms with Gasteiger partial charge in [0.15, 0.2) is 0 Å². The lowest BCUT2D eigenvalue weighted by atomic mass is 10.9. The van der Waals surface area contributed by atoms with E-state index in [9.17, 15) is 13.0 Å². The summed E-state index contributed by atoms with van der Waals surface area (Å²) < 4.78 is 33.6. The van der Waals surface area contributed by atoms with Crippen LogP contribution in [0.25, 0.3) is 0 Å². The SMILES string of the molecule is COCCS([O])(=O)=O. The maximum absolute atomic E-state index is 9.75. The molecule has 0 aliphatic heterocycles. The standard InChI is InChI=1S/C3H7O4S/c1-7-2-3-8(4,5)6/h2-3H2,1H3. The van der Waals surface area contributed by atoms with E-state index in [1.54, 1.807) is 0 Å². The fraction of sp³-hybridized carbons (Fsp3) is 1.00. The van der Waals surface area contributed by atoms with Gasteiger partial charge in [0.25, 0.3) is 10.1 Å². The molecule has 0 amide bonds. The minimum atomic E-state index is -4.06. The van der Waals surface area contributed by atoms with Gasteiger partial charge in [0.2, 0.25) is 0 Å². The molecular formula is C3H7O4S.